The first-order valence-electron chi connectivity index (χ1n) is 6.34. The fraction of sp³-hybridized carbons (Fsp3) is 0.462. The first-order chi connectivity index (χ1) is 8.72. The van der Waals surface area contributed by atoms with Gasteiger partial charge in [0.05, 0.1) is 5.52 Å². The summed E-state index contributed by atoms with van der Waals surface area (Å²) in [5.74, 6) is -0.423. The fourth-order valence-electron chi connectivity index (χ4n) is 2.60. The highest BCUT2D eigenvalue weighted by atomic mass is 16.4. The lowest BCUT2D eigenvalue weighted by Gasteiger charge is -2.17. The van der Waals surface area contributed by atoms with Crippen molar-refractivity contribution >= 4 is 11.1 Å². The molecule has 1 aliphatic rings. The minimum atomic E-state index is -0.423. The van der Waals surface area contributed by atoms with Gasteiger partial charge in [-0.2, -0.15) is 0 Å². The summed E-state index contributed by atoms with van der Waals surface area (Å²) < 4.78 is 4.97. The molecule has 3 rings (SSSR count). The maximum absolute atomic E-state index is 11.1. The van der Waals surface area contributed by atoms with Crippen molar-refractivity contribution in [2.45, 2.75) is 31.3 Å². The molecule has 2 aromatic rings. The lowest BCUT2D eigenvalue weighted by atomic mass is 9.99. The fourth-order valence-corrected chi connectivity index (χ4v) is 2.60. The molecule has 0 saturated carbocycles. The van der Waals surface area contributed by atoms with Crippen molar-refractivity contribution in [1.82, 2.24) is 10.3 Å². The molecule has 1 aliphatic heterocycles. The number of aromatic nitrogens is 1. The van der Waals surface area contributed by atoms with E-state index in [0.29, 0.717) is 17.1 Å². The smallest absolute Gasteiger partial charge is 0.408 e. The molecule has 0 amide bonds. The van der Waals surface area contributed by atoms with E-state index in [1.54, 1.807) is 6.07 Å². The lowest BCUT2D eigenvalue weighted by Crippen LogP contribution is -2.26. The summed E-state index contributed by atoms with van der Waals surface area (Å²) >= 11 is 0. The zero-order valence-electron chi connectivity index (χ0n) is 10.1. The van der Waals surface area contributed by atoms with E-state index >= 15 is 0 Å². The Labute approximate surface area is 104 Å². The number of oxazole rings is 1. The monoisotopic (exact) mass is 247 g/mol. The molecule has 0 aliphatic carbocycles. The van der Waals surface area contributed by atoms with Gasteiger partial charge < -0.3 is 15.5 Å². The molecule has 5 nitrogen and oxygen atoms in total. The van der Waals surface area contributed by atoms with Crippen LogP contribution in [0.2, 0.25) is 0 Å². The van der Waals surface area contributed by atoms with Crippen LogP contribution in [-0.4, -0.2) is 17.6 Å². The van der Waals surface area contributed by atoms with Crippen molar-refractivity contribution < 1.29 is 4.42 Å². The van der Waals surface area contributed by atoms with E-state index in [2.05, 4.69) is 10.3 Å². The van der Waals surface area contributed by atoms with Gasteiger partial charge in [0.2, 0.25) is 0 Å². The van der Waals surface area contributed by atoms with E-state index in [-0.39, 0.29) is 6.04 Å². The average molecular weight is 247 g/mol. The molecule has 2 unspecified atom stereocenters. The molecular formula is C13H17N3O2. The first-order valence-corrected chi connectivity index (χ1v) is 6.34. The number of aromatic amines is 1. The predicted octanol–water partition coefficient (Wildman–Crippen LogP) is 1.26. The molecule has 4 N–H and O–H groups in total. The van der Waals surface area contributed by atoms with E-state index in [4.69, 9.17) is 10.2 Å². The number of rotatable bonds is 3. The van der Waals surface area contributed by atoms with Crippen molar-refractivity contribution in [2.75, 3.05) is 6.54 Å². The zero-order valence-corrected chi connectivity index (χ0v) is 10.1. The molecule has 0 radical (unpaired) electrons. The third-order valence-electron chi connectivity index (χ3n) is 3.57. The van der Waals surface area contributed by atoms with Crippen molar-refractivity contribution in [2.24, 2.45) is 5.73 Å². The van der Waals surface area contributed by atoms with Crippen molar-refractivity contribution in [3.63, 3.8) is 0 Å². The van der Waals surface area contributed by atoms with Gasteiger partial charge in [-0.05, 0) is 43.5 Å². The maximum Gasteiger partial charge on any atom is 0.417 e. The van der Waals surface area contributed by atoms with E-state index in [1.165, 1.54) is 12.8 Å². The molecule has 1 saturated heterocycles. The van der Waals surface area contributed by atoms with Gasteiger partial charge in [-0.3, -0.25) is 4.98 Å². The number of nitrogens with two attached hydrogens (primary N) is 1. The summed E-state index contributed by atoms with van der Waals surface area (Å²) in [5, 5.41) is 3.44. The highest BCUT2D eigenvalue weighted by Crippen LogP contribution is 2.22. The number of hydrogen-bond donors (Lipinski definition) is 3. The molecule has 0 spiro atoms. The average Bonchev–Trinajstić information content (AvgIpc) is 2.95. The van der Waals surface area contributed by atoms with Crippen LogP contribution >= 0.6 is 0 Å². The van der Waals surface area contributed by atoms with Gasteiger partial charge in [-0.25, -0.2) is 4.79 Å². The Morgan fingerprint density at radius 3 is 3.17 bits per heavy atom. The summed E-state index contributed by atoms with van der Waals surface area (Å²) in [7, 11) is 0. The van der Waals surface area contributed by atoms with E-state index < -0.39 is 5.76 Å². The topological polar surface area (TPSA) is 84.0 Å². The van der Waals surface area contributed by atoms with Gasteiger partial charge in [0.25, 0.3) is 0 Å². The summed E-state index contributed by atoms with van der Waals surface area (Å²) in [6.07, 6.45) is 3.34. The minimum absolute atomic E-state index is 0.0107. The van der Waals surface area contributed by atoms with Gasteiger partial charge in [-0.1, -0.05) is 6.07 Å². The molecule has 2 heterocycles. The normalized spacial score (nSPS) is 21.5. The van der Waals surface area contributed by atoms with Crippen LogP contribution < -0.4 is 16.8 Å². The standard InChI is InChI=1S/C13H17N3O2/c14-10(7-9-2-1-5-15-9)8-3-4-12-11(6-8)16-13(17)18-12/h3-4,6,9-10,15H,1-2,5,7,14H2,(H,16,17). The Bertz CT molecular complexity index is 596. The number of hydrogen-bond acceptors (Lipinski definition) is 4. The Morgan fingerprint density at radius 2 is 2.39 bits per heavy atom. The van der Waals surface area contributed by atoms with Crippen LogP contribution in [0.3, 0.4) is 0 Å². The number of benzene rings is 1. The van der Waals surface area contributed by atoms with Gasteiger partial charge >= 0.3 is 5.76 Å². The van der Waals surface area contributed by atoms with E-state index in [0.717, 1.165) is 18.5 Å². The SMILES string of the molecule is NC(CC1CCCN1)c1ccc2oc(=O)[nH]c2c1. The number of fused-ring (bicyclic) bond motifs is 1. The van der Waals surface area contributed by atoms with Crippen LogP contribution in [0.15, 0.2) is 27.4 Å². The van der Waals surface area contributed by atoms with Gasteiger partial charge in [-0.15, -0.1) is 0 Å². The molecule has 96 valence electrons. The van der Waals surface area contributed by atoms with Crippen LogP contribution in [0, 0.1) is 0 Å². The van der Waals surface area contributed by atoms with Gasteiger partial charge in [0.1, 0.15) is 0 Å². The second-order valence-corrected chi connectivity index (χ2v) is 4.91. The van der Waals surface area contributed by atoms with Crippen molar-refractivity contribution in [1.29, 1.82) is 0 Å². The quantitative estimate of drug-likeness (QED) is 0.762. The molecule has 1 aromatic carbocycles. The second-order valence-electron chi connectivity index (χ2n) is 4.91. The van der Waals surface area contributed by atoms with Gasteiger partial charge in [0.15, 0.2) is 5.58 Å². The van der Waals surface area contributed by atoms with E-state index in [1.807, 2.05) is 12.1 Å². The molecule has 5 heteroatoms. The lowest BCUT2D eigenvalue weighted by molar-refractivity contribution is 0.499. The van der Waals surface area contributed by atoms with Crippen molar-refractivity contribution in [3.8, 4) is 0 Å². The first kappa shape index (κ1) is 11.5. The summed E-state index contributed by atoms with van der Waals surface area (Å²) in [6, 6.07) is 6.13. The Hall–Kier alpha value is -1.59. The third-order valence-corrected chi connectivity index (χ3v) is 3.57. The Kier molecular flexibility index (Phi) is 2.93. The van der Waals surface area contributed by atoms with Crippen LogP contribution in [0.5, 0.6) is 0 Å². The molecular weight excluding hydrogens is 230 g/mol. The number of H-pyrrole nitrogens is 1. The van der Waals surface area contributed by atoms with Crippen LogP contribution in [0.1, 0.15) is 30.9 Å². The molecule has 1 fully saturated rings. The summed E-state index contributed by atoms with van der Waals surface area (Å²) in [4.78, 5) is 13.7. The molecule has 1 aromatic heterocycles. The Balaban J connectivity index is 1.81. The highest BCUT2D eigenvalue weighted by Gasteiger charge is 2.18. The Morgan fingerprint density at radius 1 is 1.50 bits per heavy atom. The maximum atomic E-state index is 11.1. The number of nitrogens with one attached hydrogen (secondary N) is 2. The summed E-state index contributed by atoms with van der Waals surface area (Å²) in [5.41, 5.74) is 8.54. The second kappa shape index (κ2) is 4.59. The van der Waals surface area contributed by atoms with E-state index in [9.17, 15) is 4.79 Å². The van der Waals surface area contributed by atoms with Crippen molar-refractivity contribution in [3.05, 3.63) is 34.3 Å². The highest BCUT2D eigenvalue weighted by molar-refractivity contribution is 5.72. The minimum Gasteiger partial charge on any atom is -0.408 e. The predicted molar refractivity (Wildman–Crippen MR) is 69.4 cm³/mol. The largest absolute Gasteiger partial charge is 0.417 e. The van der Waals surface area contributed by atoms with Crippen LogP contribution in [-0.2, 0) is 0 Å². The molecule has 2 atom stereocenters. The van der Waals surface area contributed by atoms with Gasteiger partial charge in [0, 0.05) is 12.1 Å². The van der Waals surface area contributed by atoms with Crippen LogP contribution in [0.4, 0.5) is 0 Å². The zero-order chi connectivity index (χ0) is 12.5. The third kappa shape index (κ3) is 2.19. The molecule has 0 bridgehead atoms. The summed E-state index contributed by atoms with van der Waals surface area (Å²) in [6.45, 7) is 1.09. The van der Waals surface area contributed by atoms with Crippen LogP contribution in [0.25, 0.3) is 11.1 Å². The molecule has 18 heavy (non-hydrogen) atoms.